The van der Waals surface area contributed by atoms with E-state index >= 15 is 0 Å². The maximum absolute atomic E-state index is 13.6. The monoisotopic (exact) mass is 600 g/mol. The van der Waals surface area contributed by atoms with Crippen molar-refractivity contribution >= 4 is 49.5 Å². The Morgan fingerprint density at radius 3 is 2.79 bits per heavy atom. The summed E-state index contributed by atoms with van der Waals surface area (Å²) >= 11 is 3.46. The molecule has 0 spiro atoms. The van der Waals surface area contributed by atoms with Crippen LogP contribution in [0.3, 0.4) is 0 Å². The third kappa shape index (κ3) is 5.47. The Morgan fingerprint density at radius 1 is 1.21 bits per heavy atom. The Morgan fingerprint density at radius 2 is 2.03 bits per heavy atom. The smallest absolute Gasteiger partial charge is 0.382 e. The van der Waals surface area contributed by atoms with Gasteiger partial charge in [0.15, 0.2) is 0 Å². The number of halogens is 4. The van der Waals surface area contributed by atoms with Crippen LogP contribution < -0.4 is 5.32 Å². The molecule has 6 rings (SSSR count). The summed E-state index contributed by atoms with van der Waals surface area (Å²) < 4.78 is 41.7. The highest BCUT2D eigenvalue weighted by molar-refractivity contribution is 9.10. The number of alkyl halides is 3. The second kappa shape index (κ2) is 10.1. The van der Waals surface area contributed by atoms with E-state index in [4.69, 9.17) is 0 Å². The van der Waals surface area contributed by atoms with Crippen molar-refractivity contribution in [2.24, 2.45) is 0 Å². The van der Waals surface area contributed by atoms with E-state index in [1.807, 2.05) is 30.3 Å². The summed E-state index contributed by atoms with van der Waals surface area (Å²) in [7, 11) is 0. The maximum atomic E-state index is 13.6. The number of benzene rings is 1. The number of hydrogen-bond donors (Lipinski definition) is 2. The molecule has 0 bridgehead atoms. The van der Waals surface area contributed by atoms with Gasteiger partial charge >= 0.3 is 6.18 Å². The number of aromatic amines is 1. The van der Waals surface area contributed by atoms with Gasteiger partial charge < -0.3 is 10.3 Å². The summed E-state index contributed by atoms with van der Waals surface area (Å²) in [5.74, 6) is 0.0170. The van der Waals surface area contributed by atoms with E-state index in [1.165, 1.54) is 0 Å². The Bertz CT molecular complexity index is 1550. The van der Waals surface area contributed by atoms with Gasteiger partial charge in [-0.05, 0) is 78.4 Å². The van der Waals surface area contributed by atoms with Gasteiger partial charge in [-0.2, -0.15) is 13.2 Å². The number of aryl methyl sites for hydroxylation is 1. The summed E-state index contributed by atoms with van der Waals surface area (Å²) in [6.45, 7) is 3.56. The van der Waals surface area contributed by atoms with Crippen LogP contribution in [0.1, 0.15) is 42.5 Å². The number of hydrazine groups is 1. The van der Waals surface area contributed by atoms with Gasteiger partial charge in [0.2, 0.25) is 5.91 Å². The summed E-state index contributed by atoms with van der Waals surface area (Å²) in [6.07, 6.45) is 2.45. The zero-order valence-electron chi connectivity index (χ0n) is 21.4. The number of carbonyl (C=O) groups excluding carboxylic acids is 1. The molecule has 3 aromatic heterocycles. The zero-order valence-corrected chi connectivity index (χ0v) is 22.9. The number of H-pyrrole nitrogens is 1. The Kier molecular flexibility index (Phi) is 6.74. The summed E-state index contributed by atoms with van der Waals surface area (Å²) in [5, 5.41) is 8.94. The van der Waals surface area contributed by atoms with Crippen molar-refractivity contribution in [2.45, 2.75) is 57.3 Å². The number of amides is 1. The molecule has 4 aromatic rings. The number of rotatable bonds is 6. The Balaban J connectivity index is 1.23. The van der Waals surface area contributed by atoms with Crippen molar-refractivity contribution in [2.75, 3.05) is 18.4 Å². The van der Waals surface area contributed by atoms with Crippen LogP contribution in [0.4, 0.5) is 18.9 Å². The highest BCUT2D eigenvalue weighted by atomic mass is 79.9. The molecule has 1 aliphatic heterocycles. The van der Waals surface area contributed by atoms with E-state index in [2.05, 4.69) is 41.2 Å². The highest BCUT2D eigenvalue weighted by Crippen LogP contribution is 2.36. The minimum absolute atomic E-state index is 0.0170. The molecule has 2 fully saturated rings. The van der Waals surface area contributed by atoms with Crippen molar-refractivity contribution in [1.29, 1.82) is 0 Å². The fourth-order valence-electron chi connectivity index (χ4n) is 5.62. The van der Waals surface area contributed by atoms with Crippen LogP contribution in [-0.4, -0.2) is 56.1 Å². The first-order chi connectivity index (χ1) is 18.7. The molecule has 0 radical (unpaired) electrons. The van der Waals surface area contributed by atoms with Crippen molar-refractivity contribution in [1.82, 2.24) is 25.0 Å². The molecule has 1 aliphatic carbocycles. The molecule has 1 saturated carbocycles. The summed E-state index contributed by atoms with van der Waals surface area (Å²) in [4.78, 5) is 25.0. The molecule has 1 aromatic carbocycles. The van der Waals surface area contributed by atoms with Crippen molar-refractivity contribution in [3.8, 4) is 0 Å². The van der Waals surface area contributed by atoms with Crippen LogP contribution in [0.5, 0.6) is 0 Å². The van der Waals surface area contributed by atoms with Gasteiger partial charge in [-0.25, -0.2) is 15.0 Å². The third-order valence-corrected chi connectivity index (χ3v) is 7.95. The number of hydrogen-bond acceptors (Lipinski definition) is 5. The molecule has 2 atom stereocenters. The standard InChI is InChI=1S/C28H28BrF3N6O/c1-16-5-6-23-22(9-16)24(13-25(36-23)28(30,31)32)35-19-3-2-4-20(12-19)38(37-7-8-37)26(39)10-17-14-33-27-21(17)11-18(29)15-34-27/h5-6,9,11,13-15,19-20H,2-4,7-8,10,12H2,1H3,(H,33,34)(H,35,36)/t19-,20+/m0/s1. The number of aromatic nitrogens is 3. The predicted octanol–water partition coefficient (Wildman–Crippen LogP) is 6.23. The first kappa shape index (κ1) is 26.1. The Labute approximate surface area is 231 Å². The van der Waals surface area contributed by atoms with Gasteiger partial charge in [-0.3, -0.25) is 9.80 Å². The van der Waals surface area contributed by atoms with Gasteiger partial charge in [0.1, 0.15) is 11.3 Å². The molecule has 2 aliphatic rings. The number of anilines is 1. The van der Waals surface area contributed by atoms with Gasteiger partial charge in [0.05, 0.1) is 18.0 Å². The molecule has 1 saturated heterocycles. The van der Waals surface area contributed by atoms with Crippen LogP contribution in [-0.2, 0) is 17.4 Å². The van der Waals surface area contributed by atoms with Gasteiger partial charge in [-0.15, -0.1) is 0 Å². The van der Waals surface area contributed by atoms with E-state index in [-0.39, 0.29) is 24.4 Å². The number of pyridine rings is 2. The topological polar surface area (TPSA) is 76.9 Å². The van der Waals surface area contributed by atoms with Gasteiger partial charge in [0, 0.05) is 52.5 Å². The average molecular weight is 601 g/mol. The zero-order chi connectivity index (χ0) is 27.3. The highest BCUT2D eigenvalue weighted by Gasteiger charge is 2.38. The van der Waals surface area contributed by atoms with Crippen LogP contribution in [0.25, 0.3) is 21.9 Å². The Hall–Kier alpha value is -3.18. The molecular formula is C28H28BrF3N6O. The van der Waals surface area contributed by atoms with E-state index in [0.717, 1.165) is 65.1 Å². The van der Waals surface area contributed by atoms with Gasteiger partial charge in [0.25, 0.3) is 0 Å². The molecule has 11 heteroatoms. The summed E-state index contributed by atoms with van der Waals surface area (Å²) in [5.41, 5.74) is 2.41. The maximum Gasteiger partial charge on any atom is 0.433 e. The fraction of sp³-hybridized carbons (Fsp3) is 0.393. The van der Waals surface area contributed by atoms with Crippen LogP contribution in [0.2, 0.25) is 0 Å². The van der Waals surface area contributed by atoms with Crippen molar-refractivity contribution in [3.63, 3.8) is 0 Å². The van der Waals surface area contributed by atoms with Crippen LogP contribution >= 0.6 is 15.9 Å². The number of nitrogens with one attached hydrogen (secondary N) is 2. The first-order valence-electron chi connectivity index (χ1n) is 13.1. The summed E-state index contributed by atoms with van der Waals surface area (Å²) in [6, 6.07) is 8.24. The number of carbonyl (C=O) groups is 1. The molecule has 1 amide bonds. The lowest BCUT2D eigenvalue weighted by Crippen LogP contribution is -2.48. The molecule has 2 N–H and O–H groups in total. The molecule has 204 valence electrons. The van der Waals surface area contributed by atoms with Gasteiger partial charge in [-0.1, -0.05) is 11.6 Å². The second-order valence-corrected chi connectivity index (χ2v) is 11.4. The first-order valence-corrected chi connectivity index (χ1v) is 13.9. The van der Waals surface area contributed by atoms with Crippen LogP contribution in [0, 0.1) is 6.92 Å². The molecule has 7 nitrogen and oxygen atoms in total. The minimum atomic E-state index is -4.54. The lowest BCUT2D eigenvalue weighted by atomic mass is 9.90. The quantitative estimate of drug-likeness (QED) is 0.257. The van der Waals surface area contributed by atoms with Crippen molar-refractivity contribution < 1.29 is 18.0 Å². The van der Waals surface area contributed by atoms with E-state index < -0.39 is 11.9 Å². The lowest BCUT2D eigenvalue weighted by molar-refractivity contribution is -0.145. The van der Waals surface area contributed by atoms with E-state index in [1.54, 1.807) is 18.3 Å². The molecule has 39 heavy (non-hydrogen) atoms. The number of nitrogens with zero attached hydrogens (tertiary/aromatic N) is 4. The van der Waals surface area contributed by atoms with Crippen LogP contribution in [0.15, 0.2) is 47.2 Å². The molecule has 0 unspecified atom stereocenters. The lowest BCUT2D eigenvalue weighted by Gasteiger charge is -2.38. The number of fused-ring (bicyclic) bond motifs is 2. The minimum Gasteiger partial charge on any atom is -0.382 e. The van der Waals surface area contributed by atoms with E-state index in [9.17, 15) is 18.0 Å². The molecular weight excluding hydrogens is 573 g/mol. The average Bonchev–Trinajstić information content (AvgIpc) is 3.64. The fourth-order valence-corrected chi connectivity index (χ4v) is 5.95. The normalized spacial score (nSPS) is 19.9. The largest absolute Gasteiger partial charge is 0.433 e. The second-order valence-electron chi connectivity index (χ2n) is 10.5. The SMILES string of the molecule is Cc1ccc2nc(C(F)(F)F)cc(N[C@H]3CCC[C@@H](N(C(=O)Cc4c[nH]c5ncc(Br)cc45)N4CC4)C3)c2c1. The van der Waals surface area contributed by atoms with Crippen molar-refractivity contribution in [3.05, 3.63) is 64.0 Å². The molecule has 4 heterocycles. The predicted molar refractivity (Wildman–Crippen MR) is 147 cm³/mol. The van der Waals surface area contributed by atoms with E-state index in [0.29, 0.717) is 23.0 Å². The third-order valence-electron chi connectivity index (χ3n) is 7.52.